The van der Waals surface area contributed by atoms with Gasteiger partial charge in [0.2, 0.25) is 17.7 Å². The predicted molar refractivity (Wildman–Crippen MR) is 99.3 cm³/mol. The van der Waals surface area contributed by atoms with Gasteiger partial charge in [-0.25, -0.2) is 0 Å². The quantitative estimate of drug-likeness (QED) is 0.554. The molecule has 0 aromatic rings. The zero-order chi connectivity index (χ0) is 18.5. The molecule has 6 nitrogen and oxygen atoms in total. The van der Waals surface area contributed by atoms with Gasteiger partial charge in [0.15, 0.2) is 0 Å². The molecule has 1 heterocycles. The first-order valence-corrected chi connectivity index (χ1v) is 10.4. The molecule has 3 aliphatic rings. The molecule has 3 rings (SSSR count). The first kappa shape index (κ1) is 19.3. The lowest BCUT2D eigenvalue weighted by atomic mass is 9.81. The van der Waals surface area contributed by atoms with Crippen molar-refractivity contribution in [3.63, 3.8) is 0 Å². The van der Waals surface area contributed by atoms with E-state index in [-0.39, 0.29) is 36.1 Å². The summed E-state index contributed by atoms with van der Waals surface area (Å²) in [7, 11) is 2.17. The minimum Gasteiger partial charge on any atom is -0.354 e. The smallest absolute Gasteiger partial charge is 0.240 e. The summed E-state index contributed by atoms with van der Waals surface area (Å²) < 4.78 is 0. The number of amides is 3. The highest BCUT2D eigenvalue weighted by Gasteiger charge is 2.48. The summed E-state index contributed by atoms with van der Waals surface area (Å²) in [4.78, 5) is 40.6. The van der Waals surface area contributed by atoms with Crippen molar-refractivity contribution in [2.24, 2.45) is 11.8 Å². The predicted octanol–water partition coefficient (Wildman–Crippen LogP) is 1.93. The van der Waals surface area contributed by atoms with Gasteiger partial charge in [-0.15, -0.1) is 0 Å². The fourth-order valence-electron chi connectivity index (χ4n) is 4.85. The van der Waals surface area contributed by atoms with Crippen molar-refractivity contribution in [3.05, 3.63) is 0 Å². The minimum atomic E-state index is -0.217. The first-order valence-electron chi connectivity index (χ1n) is 10.4. The lowest BCUT2D eigenvalue weighted by Crippen LogP contribution is -2.42. The van der Waals surface area contributed by atoms with Crippen LogP contribution in [0.15, 0.2) is 0 Å². The van der Waals surface area contributed by atoms with E-state index < -0.39 is 0 Å². The van der Waals surface area contributed by atoms with Crippen LogP contribution in [0, 0.1) is 11.8 Å². The summed E-state index contributed by atoms with van der Waals surface area (Å²) >= 11 is 0. The molecule has 1 aliphatic heterocycles. The maximum Gasteiger partial charge on any atom is 0.240 e. The molecule has 2 unspecified atom stereocenters. The summed E-state index contributed by atoms with van der Waals surface area (Å²) in [6, 6.07) is 0.683. The number of carbonyl (C=O) groups excluding carboxylic acids is 3. The minimum absolute atomic E-state index is 0.108. The molecule has 0 aromatic heterocycles. The lowest BCUT2D eigenvalue weighted by Gasteiger charge is -2.31. The highest BCUT2D eigenvalue weighted by molar-refractivity contribution is 6.07. The molecule has 2 atom stereocenters. The van der Waals surface area contributed by atoms with Crippen LogP contribution in [0.2, 0.25) is 0 Å². The number of carbonyl (C=O) groups is 3. The molecule has 0 radical (unpaired) electrons. The van der Waals surface area contributed by atoms with Gasteiger partial charge in [-0.1, -0.05) is 32.1 Å². The fraction of sp³-hybridized carbons (Fsp3) is 0.850. The highest BCUT2D eigenvalue weighted by atomic mass is 16.2. The van der Waals surface area contributed by atoms with Gasteiger partial charge >= 0.3 is 0 Å². The molecule has 1 saturated heterocycles. The van der Waals surface area contributed by atoms with Crippen LogP contribution in [0.25, 0.3) is 0 Å². The molecule has 0 aromatic carbocycles. The van der Waals surface area contributed by atoms with E-state index in [0.717, 1.165) is 38.6 Å². The van der Waals surface area contributed by atoms with Crippen molar-refractivity contribution >= 4 is 17.7 Å². The number of imide groups is 1. The van der Waals surface area contributed by atoms with Gasteiger partial charge in [-0.05, 0) is 45.7 Å². The summed E-state index contributed by atoms with van der Waals surface area (Å²) in [6.07, 6.45) is 11.1. The molecule has 2 aliphatic carbocycles. The molecule has 6 heteroatoms. The normalized spacial score (nSPS) is 27.1. The standard InChI is InChI=1S/C20H33N3O3/c1-22(15-8-3-2-4-9-15)13-7-12-21-18(24)14-23-19(25)16-10-5-6-11-17(16)20(23)26/h15-17H,2-14H2,1H3,(H,21,24). The largest absolute Gasteiger partial charge is 0.354 e. The first-order chi connectivity index (χ1) is 12.6. The average molecular weight is 364 g/mol. The second-order valence-corrected chi connectivity index (χ2v) is 8.24. The Morgan fingerprint density at radius 1 is 1.00 bits per heavy atom. The molecule has 0 bridgehead atoms. The van der Waals surface area contributed by atoms with E-state index in [1.807, 2.05) is 0 Å². The van der Waals surface area contributed by atoms with Crippen molar-refractivity contribution < 1.29 is 14.4 Å². The molecular weight excluding hydrogens is 330 g/mol. The molecule has 3 fully saturated rings. The maximum absolute atomic E-state index is 12.4. The number of nitrogens with one attached hydrogen (secondary N) is 1. The van der Waals surface area contributed by atoms with E-state index >= 15 is 0 Å². The molecule has 0 spiro atoms. The van der Waals surface area contributed by atoms with Crippen LogP contribution in [0.3, 0.4) is 0 Å². The van der Waals surface area contributed by atoms with Crippen molar-refractivity contribution in [2.45, 2.75) is 70.3 Å². The fourth-order valence-corrected chi connectivity index (χ4v) is 4.85. The monoisotopic (exact) mass is 363 g/mol. The van der Waals surface area contributed by atoms with Crippen LogP contribution in [0.1, 0.15) is 64.2 Å². The number of hydrogen-bond donors (Lipinski definition) is 1. The van der Waals surface area contributed by atoms with E-state index in [2.05, 4.69) is 17.3 Å². The molecule has 2 saturated carbocycles. The van der Waals surface area contributed by atoms with Gasteiger partial charge in [0.05, 0.1) is 11.8 Å². The van der Waals surface area contributed by atoms with Crippen LogP contribution in [-0.4, -0.2) is 60.2 Å². The Bertz CT molecular complexity index is 506. The number of likely N-dealkylation sites (tertiary alicyclic amines) is 1. The van der Waals surface area contributed by atoms with Crippen LogP contribution in [0.5, 0.6) is 0 Å². The van der Waals surface area contributed by atoms with Gasteiger partial charge in [0.1, 0.15) is 6.54 Å². The third-order valence-electron chi connectivity index (χ3n) is 6.44. The molecular formula is C20H33N3O3. The number of fused-ring (bicyclic) bond motifs is 1. The Hall–Kier alpha value is -1.43. The zero-order valence-electron chi connectivity index (χ0n) is 16.0. The Labute approximate surface area is 156 Å². The Morgan fingerprint density at radius 2 is 1.58 bits per heavy atom. The Morgan fingerprint density at radius 3 is 2.19 bits per heavy atom. The highest BCUT2D eigenvalue weighted by Crippen LogP contribution is 2.37. The van der Waals surface area contributed by atoms with Gasteiger partial charge in [0.25, 0.3) is 0 Å². The van der Waals surface area contributed by atoms with Crippen LogP contribution >= 0.6 is 0 Å². The van der Waals surface area contributed by atoms with E-state index in [0.29, 0.717) is 12.6 Å². The van der Waals surface area contributed by atoms with Crippen LogP contribution in [0.4, 0.5) is 0 Å². The van der Waals surface area contributed by atoms with E-state index in [4.69, 9.17) is 0 Å². The molecule has 1 N–H and O–H groups in total. The number of hydrogen-bond acceptors (Lipinski definition) is 4. The van der Waals surface area contributed by atoms with E-state index in [1.54, 1.807) is 0 Å². The van der Waals surface area contributed by atoms with Crippen molar-refractivity contribution in [2.75, 3.05) is 26.7 Å². The van der Waals surface area contributed by atoms with Crippen molar-refractivity contribution in [3.8, 4) is 0 Å². The second kappa shape index (κ2) is 8.98. The summed E-state index contributed by atoms with van der Waals surface area (Å²) in [5.41, 5.74) is 0. The Balaban J connectivity index is 1.36. The Kier molecular flexibility index (Phi) is 6.68. The maximum atomic E-state index is 12.4. The molecule has 3 amide bonds. The van der Waals surface area contributed by atoms with Gasteiger partial charge < -0.3 is 10.2 Å². The lowest BCUT2D eigenvalue weighted by molar-refractivity contribution is -0.143. The van der Waals surface area contributed by atoms with E-state index in [1.165, 1.54) is 37.0 Å². The van der Waals surface area contributed by atoms with Gasteiger partial charge in [0, 0.05) is 12.6 Å². The SMILES string of the molecule is CN(CCCNC(=O)CN1C(=O)C2CCCCC2C1=O)C1CCCCC1. The van der Waals surface area contributed by atoms with Crippen LogP contribution in [-0.2, 0) is 14.4 Å². The average Bonchev–Trinajstić information content (AvgIpc) is 2.91. The molecule has 146 valence electrons. The van der Waals surface area contributed by atoms with Gasteiger partial charge in [-0.2, -0.15) is 0 Å². The van der Waals surface area contributed by atoms with Crippen molar-refractivity contribution in [1.82, 2.24) is 15.1 Å². The third kappa shape index (κ3) is 4.45. The van der Waals surface area contributed by atoms with Crippen LogP contribution < -0.4 is 5.32 Å². The summed E-state index contributed by atoms with van der Waals surface area (Å²) in [5.74, 6) is -0.828. The second-order valence-electron chi connectivity index (χ2n) is 8.24. The number of rotatable bonds is 7. The summed E-state index contributed by atoms with van der Waals surface area (Å²) in [5, 5.41) is 2.88. The summed E-state index contributed by atoms with van der Waals surface area (Å²) in [6.45, 7) is 1.46. The molecule has 26 heavy (non-hydrogen) atoms. The van der Waals surface area contributed by atoms with Crippen molar-refractivity contribution in [1.29, 1.82) is 0 Å². The topological polar surface area (TPSA) is 69.7 Å². The number of nitrogens with zero attached hydrogens (tertiary/aromatic N) is 2. The third-order valence-corrected chi connectivity index (χ3v) is 6.44. The zero-order valence-corrected chi connectivity index (χ0v) is 16.0. The van der Waals surface area contributed by atoms with E-state index in [9.17, 15) is 14.4 Å². The van der Waals surface area contributed by atoms with Gasteiger partial charge in [-0.3, -0.25) is 19.3 Å².